The average Bonchev–Trinajstić information content (AvgIpc) is 2.83. The molecule has 0 aromatic heterocycles. The van der Waals surface area contributed by atoms with Gasteiger partial charge in [0.05, 0.1) is 0 Å². The first-order valence-corrected chi connectivity index (χ1v) is 5.64. The van der Waals surface area contributed by atoms with Crippen LogP contribution in [0, 0.1) is 11.8 Å². The Bertz CT molecular complexity index is 273. The third-order valence-electron chi connectivity index (χ3n) is 3.26. The molecular weight excluding hydrogens is 194 g/mol. The van der Waals surface area contributed by atoms with Crippen molar-refractivity contribution in [2.24, 2.45) is 11.8 Å². The third kappa shape index (κ3) is 2.94. The molecule has 1 heterocycles. The number of likely N-dealkylation sites (tertiary alicyclic amines) is 1. The predicted molar refractivity (Wildman–Crippen MR) is 54.3 cm³/mol. The molecule has 4 heteroatoms. The zero-order valence-electron chi connectivity index (χ0n) is 8.82. The Morgan fingerprint density at radius 2 is 1.87 bits per heavy atom. The van der Waals surface area contributed by atoms with E-state index >= 15 is 0 Å². The van der Waals surface area contributed by atoms with Crippen LogP contribution in [0.4, 0.5) is 0 Å². The summed E-state index contributed by atoms with van der Waals surface area (Å²) in [5, 5.41) is 8.65. The molecule has 1 N–H and O–H groups in total. The second-order valence-corrected chi connectivity index (χ2v) is 4.74. The minimum absolute atomic E-state index is 0.172. The monoisotopic (exact) mass is 211 g/mol. The highest BCUT2D eigenvalue weighted by atomic mass is 16.4. The molecule has 1 aliphatic heterocycles. The number of carboxylic acids is 1. The van der Waals surface area contributed by atoms with Gasteiger partial charge in [-0.2, -0.15) is 0 Å². The highest BCUT2D eigenvalue weighted by Crippen LogP contribution is 2.33. The summed E-state index contributed by atoms with van der Waals surface area (Å²) in [6.07, 6.45) is 4.12. The largest absolute Gasteiger partial charge is 0.481 e. The lowest BCUT2D eigenvalue weighted by Gasteiger charge is -2.15. The van der Waals surface area contributed by atoms with E-state index in [1.165, 1.54) is 12.8 Å². The summed E-state index contributed by atoms with van der Waals surface area (Å²) in [5.74, 6) is 0.267. The molecule has 1 saturated carbocycles. The van der Waals surface area contributed by atoms with Gasteiger partial charge in [0.2, 0.25) is 5.91 Å². The van der Waals surface area contributed by atoms with Gasteiger partial charge in [0.25, 0.3) is 0 Å². The molecule has 1 unspecified atom stereocenters. The molecule has 84 valence electrons. The van der Waals surface area contributed by atoms with E-state index < -0.39 is 5.97 Å². The second kappa shape index (κ2) is 4.21. The van der Waals surface area contributed by atoms with Gasteiger partial charge in [-0.15, -0.1) is 0 Å². The lowest BCUT2D eigenvalue weighted by atomic mass is 10.1. The fraction of sp³-hybridized carbons (Fsp3) is 0.818. The number of aliphatic carboxylic acids is 1. The minimum atomic E-state index is -0.753. The fourth-order valence-electron chi connectivity index (χ4n) is 2.17. The molecule has 1 atom stereocenters. The van der Waals surface area contributed by atoms with Crippen molar-refractivity contribution in [1.82, 2.24) is 4.90 Å². The van der Waals surface area contributed by atoms with Crippen molar-refractivity contribution < 1.29 is 14.7 Å². The number of amides is 1. The van der Waals surface area contributed by atoms with Crippen LogP contribution in [0.3, 0.4) is 0 Å². The first-order chi connectivity index (χ1) is 7.15. The van der Waals surface area contributed by atoms with E-state index in [2.05, 4.69) is 0 Å². The normalized spacial score (nSPS) is 25.6. The van der Waals surface area contributed by atoms with Gasteiger partial charge in [-0.1, -0.05) is 0 Å². The Labute approximate surface area is 89.3 Å². The van der Waals surface area contributed by atoms with Crippen LogP contribution in [0.5, 0.6) is 0 Å². The molecule has 2 fully saturated rings. The van der Waals surface area contributed by atoms with Gasteiger partial charge < -0.3 is 10.0 Å². The summed E-state index contributed by atoms with van der Waals surface area (Å²) in [6, 6.07) is 0. The summed E-state index contributed by atoms with van der Waals surface area (Å²) < 4.78 is 0. The standard InChI is InChI=1S/C11H17NO3/c13-10(5-8-1-2-8)12-4-3-9(7-12)6-11(14)15/h8-9H,1-7H2,(H,14,15). The van der Waals surface area contributed by atoms with Crippen molar-refractivity contribution >= 4 is 11.9 Å². The van der Waals surface area contributed by atoms with E-state index in [0.717, 1.165) is 13.0 Å². The number of hydrogen-bond acceptors (Lipinski definition) is 2. The lowest BCUT2D eigenvalue weighted by molar-refractivity contribution is -0.138. The number of rotatable bonds is 4. The summed E-state index contributed by atoms with van der Waals surface area (Å²) in [4.78, 5) is 24.1. The number of hydrogen-bond donors (Lipinski definition) is 1. The molecule has 15 heavy (non-hydrogen) atoms. The highest BCUT2D eigenvalue weighted by Gasteiger charge is 2.31. The van der Waals surface area contributed by atoms with E-state index in [9.17, 15) is 9.59 Å². The Morgan fingerprint density at radius 1 is 1.13 bits per heavy atom. The highest BCUT2D eigenvalue weighted by molar-refractivity contribution is 5.77. The van der Waals surface area contributed by atoms with Crippen LogP contribution in [0.1, 0.15) is 32.1 Å². The van der Waals surface area contributed by atoms with Crippen molar-refractivity contribution in [2.45, 2.75) is 32.1 Å². The van der Waals surface area contributed by atoms with Crippen molar-refractivity contribution in [3.8, 4) is 0 Å². The van der Waals surface area contributed by atoms with Gasteiger partial charge in [-0.25, -0.2) is 0 Å². The van der Waals surface area contributed by atoms with Crippen molar-refractivity contribution in [3.05, 3.63) is 0 Å². The van der Waals surface area contributed by atoms with Gasteiger partial charge in [0, 0.05) is 25.9 Å². The first kappa shape index (κ1) is 10.5. The van der Waals surface area contributed by atoms with E-state index in [-0.39, 0.29) is 18.2 Å². The number of carbonyl (C=O) groups excluding carboxylic acids is 1. The fourth-order valence-corrected chi connectivity index (χ4v) is 2.17. The smallest absolute Gasteiger partial charge is 0.303 e. The summed E-state index contributed by atoms with van der Waals surface area (Å²) in [5.41, 5.74) is 0. The van der Waals surface area contributed by atoms with Crippen LogP contribution in [-0.4, -0.2) is 35.0 Å². The minimum Gasteiger partial charge on any atom is -0.481 e. The van der Waals surface area contributed by atoms with Crippen LogP contribution in [0.2, 0.25) is 0 Å². The van der Waals surface area contributed by atoms with Gasteiger partial charge in [-0.3, -0.25) is 9.59 Å². The molecule has 0 bridgehead atoms. The van der Waals surface area contributed by atoms with Gasteiger partial charge >= 0.3 is 5.97 Å². The number of carboxylic acid groups (broad SMARTS) is 1. The topological polar surface area (TPSA) is 57.6 Å². The van der Waals surface area contributed by atoms with Crippen LogP contribution >= 0.6 is 0 Å². The van der Waals surface area contributed by atoms with Gasteiger partial charge in [-0.05, 0) is 31.1 Å². The molecule has 0 aromatic rings. The molecule has 2 aliphatic rings. The van der Waals surface area contributed by atoms with Gasteiger partial charge in [0.15, 0.2) is 0 Å². The Hall–Kier alpha value is -1.06. The molecular formula is C11H17NO3. The molecule has 4 nitrogen and oxygen atoms in total. The zero-order valence-corrected chi connectivity index (χ0v) is 8.82. The average molecular weight is 211 g/mol. The Kier molecular flexibility index (Phi) is 2.93. The zero-order chi connectivity index (χ0) is 10.8. The number of carbonyl (C=O) groups is 2. The molecule has 0 radical (unpaired) electrons. The van der Waals surface area contributed by atoms with Crippen LogP contribution in [-0.2, 0) is 9.59 Å². The quantitative estimate of drug-likeness (QED) is 0.757. The lowest BCUT2D eigenvalue weighted by Crippen LogP contribution is -2.29. The first-order valence-electron chi connectivity index (χ1n) is 5.64. The maximum Gasteiger partial charge on any atom is 0.303 e. The van der Waals surface area contributed by atoms with E-state index in [1.54, 1.807) is 0 Å². The summed E-state index contributed by atoms with van der Waals surface area (Å²) >= 11 is 0. The summed E-state index contributed by atoms with van der Waals surface area (Å²) in [7, 11) is 0. The Balaban J connectivity index is 1.75. The van der Waals surface area contributed by atoms with E-state index in [4.69, 9.17) is 5.11 Å². The van der Waals surface area contributed by atoms with E-state index in [1.807, 2.05) is 4.90 Å². The molecule has 0 spiro atoms. The maximum absolute atomic E-state index is 11.7. The van der Waals surface area contributed by atoms with Crippen molar-refractivity contribution in [2.75, 3.05) is 13.1 Å². The molecule has 1 aliphatic carbocycles. The predicted octanol–water partition coefficient (Wildman–Crippen LogP) is 1.11. The van der Waals surface area contributed by atoms with Crippen molar-refractivity contribution in [1.29, 1.82) is 0 Å². The molecule has 1 amide bonds. The Morgan fingerprint density at radius 3 is 2.47 bits per heavy atom. The summed E-state index contributed by atoms with van der Waals surface area (Å²) in [6.45, 7) is 1.40. The molecule has 2 rings (SSSR count). The van der Waals surface area contributed by atoms with Crippen LogP contribution in [0.15, 0.2) is 0 Å². The molecule has 0 aromatic carbocycles. The second-order valence-electron chi connectivity index (χ2n) is 4.74. The van der Waals surface area contributed by atoms with Crippen molar-refractivity contribution in [3.63, 3.8) is 0 Å². The SMILES string of the molecule is O=C(O)CC1CCN(C(=O)CC2CC2)C1. The third-order valence-corrected chi connectivity index (χ3v) is 3.26. The maximum atomic E-state index is 11.7. The van der Waals surface area contributed by atoms with Crippen LogP contribution < -0.4 is 0 Å². The van der Waals surface area contributed by atoms with E-state index in [0.29, 0.717) is 18.9 Å². The number of nitrogens with zero attached hydrogens (tertiary/aromatic N) is 1. The molecule has 1 saturated heterocycles. The van der Waals surface area contributed by atoms with Crippen LogP contribution in [0.25, 0.3) is 0 Å². The van der Waals surface area contributed by atoms with Gasteiger partial charge in [0.1, 0.15) is 0 Å².